The van der Waals surface area contributed by atoms with Crippen molar-refractivity contribution >= 4 is 40.8 Å². The number of terminal acetylenes is 1. The van der Waals surface area contributed by atoms with Crippen molar-refractivity contribution in [1.82, 2.24) is 4.90 Å². The molecule has 1 amide bonds. The molecule has 6 nitrogen and oxygen atoms in total. The molecule has 2 heterocycles. The van der Waals surface area contributed by atoms with E-state index in [1.807, 2.05) is 0 Å². The molecule has 0 aliphatic carbocycles. The molecule has 0 bridgehead atoms. The van der Waals surface area contributed by atoms with Gasteiger partial charge in [-0.1, -0.05) is 29.6 Å². The van der Waals surface area contributed by atoms with Gasteiger partial charge in [0.2, 0.25) is 0 Å². The lowest BCUT2D eigenvalue weighted by molar-refractivity contribution is -0.274. The van der Waals surface area contributed by atoms with Crippen LogP contribution in [0.1, 0.15) is 24.8 Å². The molecular formula is C18H12Cl2F3NO5. The Hall–Kier alpha value is -2.57. The fourth-order valence-corrected chi connectivity index (χ4v) is 4.01. The van der Waals surface area contributed by atoms with Crippen LogP contribution in [0.3, 0.4) is 0 Å². The highest BCUT2D eigenvalue weighted by Crippen LogP contribution is 2.44. The third-order valence-corrected chi connectivity index (χ3v) is 4.96. The van der Waals surface area contributed by atoms with Crippen LogP contribution in [0.5, 0.6) is 5.75 Å². The Morgan fingerprint density at radius 2 is 1.90 bits per heavy atom. The first-order valence-electron chi connectivity index (χ1n) is 8.27. The molecule has 1 saturated heterocycles. The summed E-state index contributed by atoms with van der Waals surface area (Å²) in [5.74, 6) is -1.25. The molecule has 0 N–H and O–H groups in total. The van der Waals surface area contributed by atoms with Crippen molar-refractivity contribution in [2.24, 2.45) is 0 Å². The maximum absolute atomic E-state index is 13.0. The van der Waals surface area contributed by atoms with E-state index in [0.29, 0.717) is 13.0 Å². The van der Waals surface area contributed by atoms with E-state index in [4.69, 9.17) is 34.4 Å². The van der Waals surface area contributed by atoms with Gasteiger partial charge in [0.1, 0.15) is 17.6 Å². The molecule has 1 aromatic carbocycles. The number of hydrogen-bond acceptors (Lipinski definition) is 5. The number of carbonyl (C=O) groups is 2. The predicted octanol–water partition coefficient (Wildman–Crippen LogP) is 4.74. The molecule has 0 spiro atoms. The smallest absolute Gasteiger partial charge is 0.406 e. The van der Waals surface area contributed by atoms with E-state index >= 15 is 0 Å². The average molecular weight is 450 g/mol. The summed E-state index contributed by atoms with van der Waals surface area (Å²) in [7, 11) is 0. The van der Waals surface area contributed by atoms with Gasteiger partial charge in [0.05, 0.1) is 21.7 Å². The van der Waals surface area contributed by atoms with Gasteiger partial charge in [0, 0.05) is 12.1 Å². The summed E-state index contributed by atoms with van der Waals surface area (Å²) >= 11 is 12.3. The summed E-state index contributed by atoms with van der Waals surface area (Å²) < 4.78 is 50.8. The molecule has 3 rings (SSSR count). The topological polar surface area (TPSA) is 65.1 Å². The van der Waals surface area contributed by atoms with Crippen molar-refractivity contribution in [2.75, 3.05) is 6.54 Å². The van der Waals surface area contributed by atoms with E-state index in [1.54, 1.807) is 6.11 Å². The van der Waals surface area contributed by atoms with Gasteiger partial charge in [-0.15, -0.1) is 13.2 Å². The first kappa shape index (κ1) is 21.1. The molecule has 1 fully saturated rings. The third kappa shape index (κ3) is 4.38. The molecule has 0 radical (unpaired) electrons. The zero-order chi connectivity index (χ0) is 21.3. The molecule has 0 saturated carbocycles. The molecule has 2 aliphatic heterocycles. The van der Waals surface area contributed by atoms with E-state index in [-0.39, 0.29) is 26.9 Å². The van der Waals surface area contributed by atoms with Gasteiger partial charge >= 0.3 is 12.5 Å². The second-order valence-corrected chi connectivity index (χ2v) is 6.95. The summed E-state index contributed by atoms with van der Waals surface area (Å²) in [4.78, 5) is 26.2. The van der Waals surface area contributed by atoms with Crippen molar-refractivity contribution in [3.8, 4) is 18.3 Å². The number of rotatable bonds is 3. The highest BCUT2D eigenvalue weighted by atomic mass is 35.5. The Balaban J connectivity index is 2.10. The van der Waals surface area contributed by atoms with Crippen LogP contribution in [0.15, 0.2) is 17.9 Å². The lowest BCUT2D eigenvalue weighted by atomic mass is 10.0. The minimum absolute atomic E-state index is 0.0664. The molecule has 11 heteroatoms. The second-order valence-electron chi connectivity index (χ2n) is 6.13. The molecule has 1 aromatic rings. The largest absolute Gasteiger partial charge is 0.573 e. The van der Waals surface area contributed by atoms with Gasteiger partial charge in [-0.3, -0.25) is 4.79 Å². The van der Waals surface area contributed by atoms with Crippen LogP contribution >= 0.6 is 23.2 Å². The van der Waals surface area contributed by atoms with Crippen LogP contribution in [0, 0.1) is 12.5 Å². The van der Waals surface area contributed by atoms with Crippen LogP contribution in [-0.4, -0.2) is 35.9 Å². The van der Waals surface area contributed by atoms with Crippen LogP contribution in [0.4, 0.5) is 18.0 Å². The van der Waals surface area contributed by atoms with E-state index in [0.717, 1.165) is 25.0 Å². The maximum atomic E-state index is 13.0. The monoisotopic (exact) mass is 449 g/mol. The molecular weight excluding hydrogens is 438 g/mol. The SMILES string of the molecule is C#COC(=O)OC1=C(c2c(Cl)cc(OC(F)(F)F)cc2Cl)C(=O)N2CCCCC12. The number of benzene rings is 1. The highest BCUT2D eigenvalue weighted by Gasteiger charge is 2.45. The van der Waals surface area contributed by atoms with E-state index in [9.17, 15) is 22.8 Å². The Kier molecular flexibility index (Phi) is 5.87. The summed E-state index contributed by atoms with van der Waals surface area (Å²) in [5.41, 5.74) is -0.217. The van der Waals surface area contributed by atoms with Crippen molar-refractivity contribution < 1.29 is 37.0 Å². The first-order valence-corrected chi connectivity index (χ1v) is 9.02. The van der Waals surface area contributed by atoms with E-state index in [1.165, 1.54) is 4.90 Å². The zero-order valence-corrected chi connectivity index (χ0v) is 16.0. The van der Waals surface area contributed by atoms with E-state index < -0.39 is 30.2 Å². The zero-order valence-electron chi connectivity index (χ0n) is 14.5. The standard InChI is InChI=1S/C18H12Cl2F3NO5/c1-2-27-17(26)28-15-12-5-3-4-6-24(12)16(25)14(15)13-10(19)7-9(8-11(13)20)29-18(21,22)23/h1,7-8,12H,3-6H2. The van der Waals surface area contributed by atoms with Gasteiger partial charge in [0.15, 0.2) is 0 Å². The normalized spacial score (nSPS) is 19.0. The van der Waals surface area contributed by atoms with Gasteiger partial charge in [-0.05, 0) is 31.4 Å². The van der Waals surface area contributed by atoms with Crippen LogP contribution < -0.4 is 4.74 Å². The minimum Gasteiger partial charge on any atom is -0.406 e. The Morgan fingerprint density at radius 1 is 1.24 bits per heavy atom. The molecule has 2 aliphatic rings. The number of ether oxygens (including phenoxy) is 3. The number of nitrogens with zero attached hydrogens (tertiary/aromatic N) is 1. The van der Waals surface area contributed by atoms with Crippen molar-refractivity contribution in [2.45, 2.75) is 31.7 Å². The lowest BCUT2D eigenvalue weighted by Gasteiger charge is -2.30. The average Bonchev–Trinajstić information content (AvgIpc) is 2.86. The van der Waals surface area contributed by atoms with E-state index in [2.05, 4.69) is 9.47 Å². The molecule has 1 unspecified atom stereocenters. The molecule has 0 aromatic heterocycles. The number of hydrogen-bond donors (Lipinski definition) is 0. The van der Waals surface area contributed by atoms with Crippen LogP contribution in [0.2, 0.25) is 10.0 Å². The highest BCUT2D eigenvalue weighted by molar-refractivity contribution is 6.41. The number of alkyl halides is 3. The van der Waals surface area contributed by atoms with Gasteiger partial charge < -0.3 is 19.1 Å². The van der Waals surface area contributed by atoms with Crippen molar-refractivity contribution in [1.29, 1.82) is 0 Å². The van der Waals surface area contributed by atoms with Crippen LogP contribution in [-0.2, 0) is 14.3 Å². The predicted molar refractivity (Wildman–Crippen MR) is 95.8 cm³/mol. The fourth-order valence-electron chi connectivity index (χ4n) is 3.35. The minimum atomic E-state index is -4.95. The number of piperidine rings is 1. The number of halogens is 5. The Morgan fingerprint density at radius 3 is 2.48 bits per heavy atom. The second kappa shape index (κ2) is 8.05. The third-order valence-electron chi connectivity index (χ3n) is 4.36. The number of amides is 1. The van der Waals surface area contributed by atoms with Crippen LogP contribution in [0.25, 0.3) is 5.57 Å². The maximum Gasteiger partial charge on any atom is 0.573 e. The summed E-state index contributed by atoms with van der Waals surface area (Å²) in [6.07, 6.45) is 2.38. The van der Waals surface area contributed by atoms with Crippen molar-refractivity contribution in [3.63, 3.8) is 0 Å². The Labute approximate surface area is 173 Å². The number of fused-ring (bicyclic) bond motifs is 1. The molecule has 1 atom stereocenters. The fraction of sp³-hybridized carbons (Fsp3) is 0.333. The van der Waals surface area contributed by atoms with Gasteiger partial charge in [0.25, 0.3) is 5.91 Å². The van der Waals surface area contributed by atoms with Gasteiger partial charge in [-0.25, -0.2) is 4.79 Å². The van der Waals surface area contributed by atoms with Gasteiger partial charge in [-0.2, -0.15) is 0 Å². The number of carbonyl (C=O) groups excluding carboxylic acids is 2. The lowest BCUT2D eigenvalue weighted by Crippen LogP contribution is -2.40. The Bertz CT molecular complexity index is 915. The van der Waals surface area contributed by atoms with Crippen molar-refractivity contribution in [3.05, 3.63) is 33.5 Å². The quantitative estimate of drug-likeness (QED) is 0.492. The molecule has 154 valence electrons. The summed E-state index contributed by atoms with van der Waals surface area (Å²) in [6, 6.07) is 1.16. The summed E-state index contributed by atoms with van der Waals surface area (Å²) in [5, 5.41) is -0.572. The summed E-state index contributed by atoms with van der Waals surface area (Å²) in [6.45, 7) is 0.397. The first-order chi connectivity index (χ1) is 13.6. The molecule has 29 heavy (non-hydrogen) atoms.